The number of pyridine rings is 1. The van der Waals surface area contributed by atoms with Crippen molar-refractivity contribution in [3.05, 3.63) is 56.1 Å². The fourth-order valence-electron chi connectivity index (χ4n) is 1.23. The maximum absolute atomic E-state index is 11.5. The average Bonchev–Trinajstić information content (AvgIpc) is 2.27. The van der Waals surface area contributed by atoms with Crippen molar-refractivity contribution in [3.63, 3.8) is 0 Å². The molecule has 2 rings (SSSR count). The van der Waals surface area contributed by atoms with Crippen LogP contribution in [-0.2, 0) is 6.54 Å². The molecule has 82 valence electrons. The second-order valence-electron chi connectivity index (χ2n) is 3.16. The van der Waals surface area contributed by atoms with Crippen LogP contribution in [0.2, 0.25) is 5.15 Å². The van der Waals surface area contributed by atoms with Gasteiger partial charge in [-0.25, -0.2) is 0 Å². The summed E-state index contributed by atoms with van der Waals surface area (Å²) in [5.41, 5.74) is 0.601. The van der Waals surface area contributed by atoms with Gasteiger partial charge in [0.1, 0.15) is 0 Å². The highest BCUT2D eigenvalue weighted by Crippen LogP contribution is 2.07. The maximum Gasteiger partial charge on any atom is 0.250 e. The molecule has 0 aliphatic carbocycles. The van der Waals surface area contributed by atoms with Gasteiger partial charge in [0, 0.05) is 16.7 Å². The molecule has 0 bridgehead atoms. The Kier molecular flexibility index (Phi) is 3.36. The second-order valence-corrected chi connectivity index (χ2v) is 4.46. The van der Waals surface area contributed by atoms with E-state index in [0.29, 0.717) is 17.4 Å². The van der Waals surface area contributed by atoms with Crippen LogP contribution >= 0.6 is 27.5 Å². The molecule has 2 aromatic rings. The zero-order chi connectivity index (χ0) is 11.5. The van der Waals surface area contributed by atoms with Gasteiger partial charge in [-0.3, -0.25) is 4.79 Å². The molecule has 0 aliphatic heterocycles. The zero-order valence-electron chi connectivity index (χ0n) is 8.10. The van der Waals surface area contributed by atoms with Crippen molar-refractivity contribution >= 4 is 27.5 Å². The van der Waals surface area contributed by atoms with E-state index in [1.165, 1.54) is 6.07 Å². The first-order chi connectivity index (χ1) is 7.65. The van der Waals surface area contributed by atoms with E-state index in [-0.39, 0.29) is 5.56 Å². The van der Waals surface area contributed by atoms with Crippen LogP contribution in [0.3, 0.4) is 0 Å². The summed E-state index contributed by atoms with van der Waals surface area (Å²) < 4.78 is 2.39. The minimum Gasteiger partial charge on any atom is -0.308 e. The van der Waals surface area contributed by atoms with Crippen LogP contribution in [-0.4, -0.2) is 14.8 Å². The summed E-state index contributed by atoms with van der Waals surface area (Å²) in [6.45, 7) is 0.377. The van der Waals surface area contributed by atoms with Crippen LogP contribution in [0.25, 0.3) is 0 Å². The number of hydrogen-bond donors (Lipinski definition) is 0. The van der Waals surface area contributed by atoms with E-state index in [1.807, 2.05) is 0 Å². The lowest BCUT2D eigenvalue weighted by Gasteiger charge is -2.04. The van der Waals surface area contributed by atoms with Crippen LogP contribution in [0.1, 0.15) is 5.69 Å². The molecule has 2 aromatic heterocycles. The topological polar surface area (TPSA) is 47.8 Å². The van der Waals surface area contributed by atoms with E-state index in [1.54, 1.807) is 29.0 Å². The van der Waals surface area contributed by atoms with Crippen molar-refractivity contribution in [2.75, 3.05) is 0 Å². The molecule has 0 aliphatic rings. The summed E-state index contributed by atoms with van der Waals surface area (Å²) in [7, 11) is 0. The van der Waals surface area contributed by atoms with E-state index >= 15 is 0 Å². The highest BCUT2D eigenvalue weighted by molar-refractivity contribution is 9.10. The highest BCUT2D eigenvalue weighted by atomic mass is 79.9. The Labute approximate surface area is 105 Å². The third kappa shape index (κ3) is 2.68. The molecule has 0 unspecified atom stereocenters. The van der Waals surface area contributed by atoms with Crippen molar-refractivity contribution in [2.24, 2.45) is 0 Å². The quantitative estimate of drug-likeness (QED) is 0.853. The smallest absolute Gasteiger partial charge is 0.250 e. The van der Waals surface area contributed by atoms with E-state index in [4.69, 9.17) is 11.6 Å². The third-order valence-electron chi connectivity index (χ3n) is 1.97. The van der Waals surface area contributed by atoms with Crippen LogP contribution in [0.5, 0.6) is 0 Å². The van der Waals surface area contributed by atoms with E-state index in [2.05, 4.69) is 26.1 Å². The van der Waals surface area contributed by atoms with Crippen LogP contribution in [0.15, 0.2) is 39.7 Å². The maximum atomic E-state index is 11.5. The Morgan fingerprint density at radius 1 is 1.25 bits per heavy atom. The first-order valence-electron chi connectivity index (χ1n) is 4.49. The average molecular weight is 301 g/mol. The fraction of sp³-hybridized carbons (Fsp3) is 0.100. The molecule has 0 radical (unpaired) electrons. The monoisotopic (exact) mass is 299 g/mol. The normalized spacial score (nSPS) is 10.4. The molecule has 0 saturated carbocycles. The fourth-order valence-corrected chi connectivity index (χ4v) is 1.71. The first kappa shape index (κ1) is 11.3. The summed E-state index contributed by atoms with van der Waals surface area (Å²) in [6.07, 6.45) is 1.71. The molecule has 0 atom stereocenters. The number of hydrogen-bond acceptors (Lipinski definition) is 3. The third-order valence-corrected chi connectivity index (χ3v) is 2.64. The van der Waals surface area contributed by atoms with Gasteiger partial charge in [0.25, 0.3) is 5.56 Å². The zero-order valence-corrected chi connectivity index (χ0v) is 10.4. The summed E-state index contributed by atoms with van der Waals surface area (Å²) in [4.78, 5) is 11.5. The van der Waals surface area contributed by atoms with Crippen LogP contribution in [0.4, 0.5) is 0 Å². The standard InChI is InChI=1S/C10H7BrClN3O/c11-7-1-4-10(16)15(5-7)6-8-2-3-9(12)14-13-8/h1-5H,6H2. The van der Waals surface area contributed by atoms with Crippen molar-refractivity contribution in [1.29, 1.82) is 0 Å². The minimum absolute atomic E-state index is 0.0834. The predicted molar refractivity (Wildman–Crippen MR) is 64.5 cm³/mol. The molecule has 0 amide bonds. The molecule has 0 N–H and O–H groups in total. The molecule has 16 heavy (non-hydrogen) atoms. The molecule has 4 nitrogen and oxygen atoms in total. The van der Waals surface area contributed by atoms with Gasteiger partial charge in [-0.1, -0.05) is 11.6 Å². The van der Waals surface area contributed by atoms with Crippen molar-refractivity contribution in [3.8, 4) is 0 Å². The summed E-state index contributed by atoms with van der Waals surface area (Å²) in [5, 5.41) is 7.94. The Morgan fingerprint density at radius 2 is 2.06 bits per heavy atom. The summed E-state index contributed by atoms with van der Waals surface area (Å²) >= 11 is 8.93. The molecule has 0 aromatic carbocycles. The van der Waals surface area contributed by atoms with Crippen molar-refractivity contribution in [2.45, 2.75) is 6.54 Å². The van der Waals surface area contributed by atoms with Crippen molar-refractivity contribution < 1.29 is 0 Å². The Balaban J connectivity index is 2.30. The predicted octanol–water partition coefficient (Wildman–Crippen LogP) is 2.10. The SMILES string of the molecule is O=c1ccc(Br)cn1Cc1ccc(Cl)nn1. The number of nitrogens with zero attached hydrogens (tertiary/aromatic N) is 3. The Morgan fingerprint density at radius 3 is 2.75 bits per heavy atom. The Bertz CT molecular complexity index is 553. The van der Waals surface area contributed by atoms with Crippen LogP contribution < -0.4 is 5.56 Å². The number of rotatable bonds is 2. The van der Waals surface area contributed by atoms with Gasteiger partial charge in [0.2, 0.25) is 0 Å². The molecule has 0 fully saturated rings. The van der Waals surface area contributed by atoms with Crippen LogP contribution in [0, 0.1) is 0 Å². The molecule has 6 heteroatoms. The lowest BCUT2D eigenvalue weighted by molar-refractivity contribution is 0.721. The van der Waals surface area contributed by atoms with Gasteiger partial charge in [0.05, 0.1) is 12.2 Å². The van der Waals surface area contributed by atoms with E-state index in [0.717, 1.165) is 4.47 Å². The summed E-state index contributed by atoms with van der Waals surface area (Å²) in [5.74, 6) is 0. The first-order valence-corrected chi connectivity index (χ1v) is 5.66. The summed E-state index contributed by atoms with van der Waals surface area (Å²) in [6, 6.07) is 6.58. The van der Waals surface area contributed by atoms with Gasteiger partial charge in [-0.15, -0.1) is 5.10 Å². The lowest BCUT2D eigenvalue weighted by atomic mass is 10.3. The molecular formula is C10H7BrClN3O. The molecule has 0 spiro atoms. The largest absolute Gasteiger partial charge is 0.308 e. The van der Waals surface area contributed by atoms with Gasteiger partial charge in [0.15, 0.2) is 5.15 Å². The number of aromatic nitrogens is 3. The molecule has 0 saturated heterocycles. The lowest BCUT2D eigenvalue weighted by Crippen LogP contribution is -2.19. The highest BCUT2D eigenvalue weighted by Gasteiger charge is 2.00. The molecular weight excluding hydrogens is 293 g/mol. The minimum atomic E-state index is -0.0834. The Hall–Kier alpha value is -1.20. The van der Waals surface area contributed by atoms with Gasteiger partial charge in [-0.05, 0) is 34.1 Å². The van der Waals surface area contributed by atoms with E-state index in [9.17, 15) is 4.79 Å². The van der Waals surface area contributed by atoms with Gasteiger partial charge >= 0.3 is 0 Å². The molecule has 2 heterocycles. The van der Waals surface area contributed by atoms with Gasteiger partial charge < -0.3 is 4.57 Å². The number of halogens is 2. The van der Waals surface area contributed by atoms with Crippen molar-refractivity contribution in [1.82, 2.24) is 14.8 Å². The van der Waals surface area contributed by atoms with E-state index < -0.39 is 0 Å². The second kappa shape index (κ2) is 4.76. The van der Waals surface area contributed by atoms with Gasteiger partial charge in [-0.2, -0.15) is 5.10 Å².